The zero-order chi connectivity index (χ0) is 17.5. The molecule has 26 heavy (non-hydrogen) atoms. The maximum atomic E-state index is 5.24. The molecule has 0 aliphatic rings. The summed E-state index contributed by atoms with van der Waals surface area (Å²) in [6, 6.07) is 13.8. The van der Waals surface area contributed by atoms with Crippen molar-refractivity contribution in [1.82, 2.24) is 24.6 Å². The van der Waals surface area contributed by atoms with Crippen molar-refractivity contribution < 1.29 is 4.74 Å². The van der Waals surface area contributed by atoms with Crippen molar-refractivity contribution in [2.45, 2.75) is 0 Å². The van der Waals surface area contributed by atoms with E-state index in [2.05, 4.69) is 25.4 Å². The molecule has 3 heterocycles. The van der Waals surface area contributed by atoms with E-state index in [0.29, 0.717) is 11.7 Å². The van der Waals surface area contributed by atoms with Gasteiger partial charge >= 0.3 is 0 Å². The first kappa shape index (κ1) is 14.9. The van der Waals surface area contributed by atoms with E-state index in [1.165, 1.54) is 0 Å². The molecular weight excluding hydrogens is 348 g/mol. The van der Waals surface area contributed by atoms with Crippen LogP contribution in [0, 0.1) is 0 Å². The Bertz CT molecular complexity index is 1210. The summed E-state index contributed by atoms with van der Waals surface area (Å²) in [5.41, 5.74) is 3.79. The summed E-state index contributed by atoms with van der Waals surface area (Å²) >= 11 is 1.61. The van der Waals surface area contributed by atoms with Gasteiger partial charge in [0.05, 0.1) is 18.1 Å². The molecule has 2 aromatic carbocycles. The van der Waals surface area contributed by atoms with Gasteiger partial charge in [-0.25, -0.2) is 14.5 Å². The number of anilines is 2. The van der Waals surface area contributed by atoms with Crippen LogP contribution < -0.4 is 10.1 Å². The molecule has 2 N–H and O–H groups in total. The molecule has 7 nitrogen and oxygen atoms in total. The van der Waals surface area contributed by atoms with Gasteiger partial charge in [0.2, 0.25) is 5.95 Å². The van der Waals surface area contributed by atoms with Gasteiger partial charge in [-0.1, -0.05) is 6.07 Å². The summed E-state index contributed by atoms with van der Waals surface area (Å²) in [6.07, 6.45) is 1.81. The minimum atomic E-state index is 0.613. The number of imidazole rings is 1. The molecule has 0 spiro atoms. The van der Waals surface area contributed by atoms with Crippen molar-refractivity contribution in [2.24, 2.45) is 0 Å². The van der Waals surface area contributed by atoms with Gasteiger partial charge < -0.3 is 10.1 Å². The Morgan fingerprint density at radius 1 is 1.15 bits per heavy atom. The van der Waals surface area contributed by atoms with E-state index in [1.807, 2.05) is 52.4 Å². The summed E-state index contributed by atoms with van der Waals surface area (Å²) in [5.74, 6) is 2.01. The van der Waals surface area contributed by atoms with Crippen LogP contribution in [0.15, 0.2) is 54.0 Å². The highest BCUT2D eigenvalue weighted by molar-refractivity contribution is 7.13. The molecule has 0 saturated carbocycles. The van der Waals surface area contributed by atoms with Crippen molar-refractivity contribution in [2.75, 3.05) is 12.4 Å². The van der Waals surface area contributed by atoms with Crippen molar-refractivity contribution >= 4 is 39.8 Å². The topological polar surface area (TPSA) is 80.1 Å². The summed E-state index contributed by atoms with van der Waals surface area (Å²) in [5, 5.41) is 9.42. The molecule has 3 aromatic heterocycles. The van der Waals surface area contributed by atoms with Crippen molar-refractivity contribution in [3.8, 4) is 16.3 Å². The van der Waals surface area contributed by atoms with E-state index in [0.717, 1.165) is 33.0 Å². The van der Waals surface area contributed by atoms with Crippen LogP contribution in [0.25, 0.3) is 27.4 Å². The lowest BCUT2D eigenvalue weighted by Gasteiger charge is -2.04. The third-order valence-electron chi connectivity index (χ3n) is 4.08. The number of hydrogen-bond acceptors (Lipinski definition) is 6. The second-order valence-corrected chi connectivity index (χ2v) is 6.61. The highest BCUT2D eigenvalue weighted by Crippen LogP contribution is 2.27. The molecular formula is C18H14N6OS. The Morgan fingerprint density at radius 2 is 2.12 bits per heavy atom. The van der Waals surface area contributed by atoms with E-state index in [-0.39, 0.29) is 0 Å². The lowest BCUT2D eigenvalue weighted by atomic mass is 10.2. The van der Waals surface area contributed by atoms with E-state index in [9.17, 15) is 0 Å². The van der Waals surface area contributed by atoms with Gasteiger partial charge in [-0.15, -0.1) is 11.3 Å². The first-order valence-electron chi connectivity index (χ1n) is 7.99. The number of H-pyrrole nitrogens is 1. The Balaban J connectivity index is 1.51. The number of methoxy groups -OCH3 is 1. The Kier molecular flexibility index (Phi) is 3.36. The number of benzene rings is 2. The fourth-order valence-electron chi connectivity index (χ4n) is 2.88. The largest absolute Gasteiger partial charge is 0.497 e. The number of ether oxygens (including phenoxy) is 1. The third-order valence-corrected chi connectivity index (χ3v) is 4.90. The Morgan fingerprint density at radius 3 is 2.96 bits per heavy atom. The summed E-state index contributed by atoms with van der Waals surface area (Å²) in [7, 11) is 1.65. The number of fused-ring (bicyclic) bond motifs is 3. The minimum absolute atomic E-state index is 0.613. The molecule has 0 radical (unpaired) electrons. The molecule has 0 bridgehead atoms. The summed E-state index contributed by atoms with van der Waals surface area (Å²) in [4.78, 5) is 13.5. The molecule has 0 aliphatic heterocycles. The van der Waals surface area contributed by atoms with Gasteiger partial charge in [0.25, 0.3) is 5.78 Å². The number of aromatic amines is 1. The van der Waals surface area contributed by atoms with Crippen molar-refractivity contribution in [3.63, 3.8) is 0 Å². The van der Waals surface area contributed by atoms with Gasteiger partial charge in [0.1, 0.15) is 10.8 Å². The quantitative estimate of drug-likeness (QED) is 0.503. The van der Waals surface area contributed by atoms with Crippen LogP contribution in [-0.2, 0) is 0 Å². The molecule has 0 fully saturated rings. The fourth-order valence-corrected chi connectivity index (χ4v) is 3.51. The van der Waals surface area contributed by atoms with Gasteiger partial charge in [0, 0.05) is 28.9 Å². The summed E-state index contributed by atoms with van der Waals surface area (Å²) < 4.78 is 7.11. The van der Waals surface area contributed by atoms with E-state index in [4.69, 9.17) is 4.74 Å². The van der Waals surface area contributed by atoms with Crippen LogP contribution in [0.5, 0.6) is 5.75 Å². The predicted octanol–water partition coefficient (Wildman–Crippen LogP) is 4.09. The van der Waals surface area contributed by atoms with Gasteiger partial charge in [-0.05, 0) is 30.3 Å². The van der Waals surface area contributed by atoms with E-state index < -0.39 is 0 Å². The second-order valence-electron chi connectivity index (χ2n) is 5.72. The van der Waals surface area contributed by atoms with Crippen LogP contribution >= 0.6 is 11.3 Å². The standard InChI is InChI=1S/C18H14N6OS/c1-25-13-4-2-3-12(10-13)20-17-22-18-21-14-9-11(16-19-7-8-26-16)5-6-15(14)24(18)23-17/h2-10H,1H3,(H2,20,21,22,23). The number of hydrogen-bond donors (Lipinski definition) is 2. The zero-order valence-electron chi connectivity index (χ0n) is 13.8. The van der Waals surface area contributed by atoms with Gasteiger partial charge in [0.15, 0.2) is 0 Å². The average molecular weight is 362 g/mol. The summed E-state index contributed by atoms with van der Waals surface area (Å²) in [6.45, 7) is 0. The maximum absolute atomic E-state index is 5.24. The molecule has 0 amide bonds. The number of nitrogens with zero attached hydrogens (tertiary/aromatic N) is 4. The molecule has 0 saturated heterocycles. The molecule has 0 unspecified atom stereocenters. The molecule has 5 aromatic rings. The van der Waals surface area contributed by atoms with Crippen LogP contribution in [0.3, 0.4) is 0 Å². The first-order valence-corrected chi connectivity index (χ1v) is 8.87. The van der Waals surface area contributed by atoms with Crippen LogP contribution in [0.2, 0.25) is 0 Å². The second kappa shape index (κ2) is 5.85. The first-order chi connectivity index (χ1) is 12.8. The van der Waals surface area contributed by atoms with Crippen molar-refractivity contribution in [3.05, 3.63) is 54.0 Å². The minimum Gasteiger partial charge on any atom is -0.497 e. The fraction of sp³-hybridized carbons (Fsp3) is 0.0556. The molecule has 0 atom stereocenters. The molecule has 128 valence electrons. The number of rotatable bonds is 4. The third kappa shape index (κ3) is 2.47. The monoisotopic (exact) mass is 362 g/mol. The molecule has 5 rings (SSSR count). The smallest absolute Gasteiger partial charge is 0.253 e. The van der Waals surface area contributed by atoms with Crippen LogP contribution in [0.1, 0.15) is 0 Å². The maximum Gasteiger partial charge on any atom is 0.253 e. The van der Waals surface area contributed by atoms with E-state index in [1.54, 1.807) is 24.6 Å². The van der Waals surface area contributed by atoms with Gasteiger partial charge in [-0.3, -0.25) is 5.10 Å². The molecule has 8 heteroatoms. The number of aromatic nitrogens is 5. The lowest BCUT2D eigenvalue weighted by Crippen LogP contribution is -1.94. The highest BCUT2D eigenvalue weighted by Gasteiger charge is 2.11. The zero-order valence-corrected chi connectivity index (χ0v) is 14.6. The van der Waals surface area contributed by atoms with E-state index >= 15 is 0 Å². The SMILES string of the molecule is COc1cccc(Nc2nc3nc4cc(-c5nccs5)ccc4n3[nH]2)c1. The highest BCUT2D eigenvalue weighted by atomic mass is 32.1. The Hall–Kier alpha value is -3.39. The normalized spacial score (nSPS) is 11.3. The van der Waals surface area contributed by atoms with Crippen LogP contribution in [0.4, 0.5) is 11.6 Å². The number of thiazole rings is 1. The Labute approximate surface area is 152 Å². The molecule has 0 aliphatic carbocycles. The average Bonchev–Trinajstić information content (AvgIpc) is 3.37. The van der Waals surface area contributed by atoms with Crippen molar-refractivity contribution in [1.29, 1.82) is 0 Å². The predicted molar refractivity (Wildman–Crippen MR) is 102 cm³/mol. The lowest BCUT2D eigenvalue weighted by molar-refractivity contribution is 0.415. The van der Waals surface area contributed by atoms with Gasteiger partial charge in [-0.2, -0.15) is 4.98 Å². The van der Waals surface area contributed by atoms with Crippen LogP contribution in [-0.4, -0.2) is 31.7 Å². The number of nitrogens with one attached hydrogen (secondary N) is 2.